The highest BCUT2D eigenvalue weighted by Crippen LogP contribution is 2.21. The molecule has 1 fully saturated rings. The number of carbonyl (C=O) groups excluding carboxylic acids is 2. The molecule has 3 amide bonds. The zero-order valence-electron chi connectivity index (χ0n) is 15.6. The fourth-order valence-electron chi connectivity index (χ4n) is 3.20. The van der Waals surface area contributed by atoms with Crippen LogP contribution in [0.5, 0.6) is 0 Å². The van der Waals surface area contributed by atoms with Gasteiger partial charge in [-0.3, -0.25) is 9.69 Å². The van der Waals surface area contributed by atoms with Gasteiger partial charge in [-0.25, -0.2) is 14.2 Å². The molecule has 2 heterocycles. The van der Waals surface area contributed by atoms with Gasteiger partial charge in [0.25, 0.3) is 5.91 Å². The van der Waals surface area contributed by atoms with Crippen molar-refractivity contribution >= 4 is 23.4 Å². The Balaban J connectivity index is 1.40. The summed E-state index contributed by atoms with van der Waals surface area (Å²) in [5.74, 6) is -0.377. The molecule has 0 radical (unpaired) electrons. The van der Waals surface area contributed by atoms with Crippen molar-refractivity contribution in [2.24, 2.45) is 0 Å². The van der Waals surface area contributed by atoms with Gasteiger partial charge < -0.3 is 10.2 Å². The molecule has 0 atom stereocenters. The van der Waals surface area contributed by atoms with Crippen LogP contribution >= 0.6 is 0 Å². The van der Waals surface area contributed by atoms with Crippen LogP contribution < -0.4 is 10.2 Å². The summed E-state index contributed by atoms with van der Waals surface area (Å²) in [6, 6.07) is 18.5. The van der Waals surface area contributed by atoms with Gasteiger partial charge in [-0.15, -0.1) is 0 Å². The van der Waals surface area contributed by atoms with E-state index in [1.54, 1.807) is 21.9 Å². The number of nitrogens with one attached hydrogen (secondary N) is 1. The van der Waals surface area contributed by atoms with E-state index < -0.39 is 11.7 Å². The summed E-state index contributed by atoms with van der Waals surface area (Å²) in [6.45, 7) is 1.72. The number of benzene rings is 2. The molecule has 6 nitrogen and oxygen atoms in total. The molecule has 3 aromatic rings. The molecule has 7 heteroatoms. The monoisotopic (exact) mass is 390 g/mol. The molecule has 0 saturated carbocycles. The molecule has 0 unspecified atom stereocenters. The number of amides is 3. The summed E-state index contributed by atoms with van der Waals surface area (Å²) in [5.41, 5.74) is 1.77. The number of urea groups is 1. The number of nitrogens with zero attached hydrogens (tertiary/aromatic N) is 3. The fraction of sp³-hybridized carbons (Fsp3) is 0.136. The second kappa shape index (κ2) is 8.10. The van der Waals surface area contributed by atoms with Gasteiger partial charge in [0.15, 0.2) is 0 Å². The van der Waals surface area contributed by atoms with E-state index in [1.807, 2.05) is 30.3 Å². The van der Waals surface area contributed by atoms with E-state index >= 15 is 0 Å². The molecule has 4 rings (SSSR count). The van der Waals surface area contributed by atoms with Crippen LogP contribution in [-0.2, 0) is 6.54 Å². The zero-order valence-corrected chi connectivity index (χ0v) is 15.6. The van der Waals surface area contributed by atoms with E-state index in [0.29, 0.717) is 31.1 Å². The van der Waals surface area contributed by atoms with Gasteiger partial charge in [0.1, 0.15) is 11.6 Å². The molecule has 1 aliphatic rings. The van der Waals surface area contributed by atoms with Crippen molar-refractivity contribution in [2.45, 2.75) is 6.54 Å². The number of anilines is 2. The Kier molecular flexibility index (Phi) is 5.20. The number of carbonyl (C=O) groups is 2. The third kappa shape index (κ3) is 4.24. The first-order valence-electron chi connectivity index (χ1n) is 9.23. The van der Waals surface area contributed by atoms with Crippen molar-refractivity contribution < 1.29 is 14.0 Å². The maximum absolute atomic E-state index is 13.3. The Morgan fingerprint density at radius 2 is 1.86 bits per heavy atom. The minimum absolute atomic E-state index is 0.0992. The molecule has 1 N–H and O–H groups in total. The molecule has 2 aromatic carbocycles. The summed E-state index contributed by atoms with van der Waals surface area (Å²) in [7, 11) is 0. The zero-order chi connectivity index (χ0) is 20.2. The molecule has 0 aliphatic carbocycles. The van der Waals surface area contributed by atoms with E-state index in [4.69, 9.17) is 0 Å². The molecule has 1 aromatic heterocycles. The van der Waals surface area contributed by atoms with Crippen LogP contribution in [0.3, 0.4) is 0 Å². The van der Waals surface area contributed by atoms with E-state index in [0.717, 1.165) is 5.56 Å². The van der Waals surface area contributed by atoms with Crippen LogP contribution in [0.25, 0.3) is 0 Å². The standard InChI is InChI=1S/C22H19FN4O2/c23-18-8-4-7-17(13-18)21(28)25-19-9-10-20(24-14-19)27-12-11-26(22(27)29)15-16-5-2-1-3-6-16/h1-10,13-14H,11-12,15H2,(H,25,28). The van der Waals surface area contributed by atoms with Gasteiger partial charge in [-0.05, 0) is 35.9 Å². The van der Waals surface area contributed by atoms with Crippen LogP contribution in [-0.4, -0.2) is 34.9 Å². The van der Waals surface area contributed by atoms with Crippen LogP contribution in [0.2, 0.25) is 0 Å². The predicted octanol–water partition coefficient (Wildman–Crippen LogP) is 3.92. The Morgan fingerprint density at radius 3 is 2.59 bits per heavy atom. The van der Waals surface area contributed by atoms with Crippen LogP contribution in [0.4, 0.5) is 20.7 Å². The number of aromatic nitrogens is 1. The third-order valence-corrected chi connectivity index (χ3v) is 4.68. The van der Waals surface area contributed by atoms with Gasteiger partial charge in [0.2, 0.25) is 0 Å². The molecule has 0 bridgehead atoms. The van der Waals surface area contributed by atoms with Crippen molar-refractivity contribution in [1.82, 2.24) is 9.88 Å². The number of pyridine rings is 1. The third-order valence-electron chi connectivity index (χ3n) is 4.68. The van der Waals surface area contributed by atoms with E-state index in [1.165, 1.54) is 30.5 Å². The smallest absolute Gasteiger partial charge is 0.321 e. The van der Waals surface area contributed by atoms with Gasteiger partial charge >= 0.3 is 6.03 Å². The number of hydrogen-bond donors (Lipinski definition) is 1. The van der Waals surface area contributed by atoms with Gasteiger partial charge in [0.05, 0.1) is 11.9 Å². The first kappa shape index (κ1) is 18.6. The second-order valence-electron chi connectivity index (χ2n) is 6.71. The van der Waals surface area contributed by atoms with E-state index in [2.05, 4.69) is 10.3 Å². The quantitative estimate of drug-likeness (QED) is 0.718. The summed E-state index contributed by atoms with van der Waals surface area (Å²) in [4.78, 5) is 32.6. The maximum atomic E-state index is 13.3. The molecule has 0 spiro atoms. The van der Waals surface area contributed by atoms with Gasteiger partial charge in [0, 0.05) is 25.2 Å². The lowest BCUT2D eigenvalue weighted by Gasteiger charge is -2.18. The largest absolute Gasteiger partial charge is 0.326 e. The average Bonchev–Trinajstić information content (AvgIpc) is 3.09. The predicted molar refractivity (Wildman–Crippen MR) is 108 cm³/mol. The number of hydrogen-bond acceptors (Lipinski definition) is 3. The van der Waals surface area contributed by atoms with E-state index in [-0.39, 0.29) is 11.6 Å². The van der Waals surface area contributed by atoms with Crippen molar-refractivity contribution in [1.29, 1.82) is 0 Å². The first-order chi connectivity index (χ1) is 14.1. The van der Waals surface area contributed by atoms with Crippen LogP contribution in [0.1, 0.15) is 15.9 Å². The highest BCUT2D eigenvalue weighted by molar-refractivity contribution is 6.04. The average molecular weight is 390 g/mol. The molecule has 29 heavy (non-hydrogen) atoms. The Morgan fingerprint density at radius 1 is 1.03 bits per heavy atom. The van der Waals surface area contributed by atoms with Crippen molar-refractivity contribution in [3.05, 3.63) is 89.9 Å². The van der Waals surface area contributed by atoms with E-state index in [9.17, 15) is 14.0 Å². The number of rotatable bonds is 5. The molecule has 146 valence electrons. The fourth-order valence-corrected chi connectivity index (χ4v) is 3.20. The summed E-state index contributed by atoms with van der Waals surface area (Å²) >= 11 is 0. The maximum Gasteiger partial charge on any atom is 0.326 e. The Hall–Kier alpha value is -3.74. The SMILES string of the molecule is O=C(Nc1ccc(N2CCN(Cc3ccccc3)C2=O)nc1)c1cccc(F)c1. The number of halogens is 1. The topological polar surface area (TPSA) is 65.5 Å². The lowest BCUT2D eigenvalue weighted by Crippen LogP contribution is -2.31. The van der Waals surface area contributed by atoms with Crippen molar-refractivity contribution in [2.75, 3.05) is 23.3 Å². The Bertz CT molecular complexity index is 1020. The molecule has 1 saturated heterocycles. The first-order valence-corrected chi connectivity index (χ1v) is 9.23. The van der Waals surface area contributed by atoms with Crippen LogP contribution in [0, 0.1) is 5.82 Å². The molecular weight excluding hydrogens is 371 g/mol. The van der Waals surface area contributed by atoms with Crippen LogP contribution in [0.15, 0.2) is 72.9 Å². The minimum Gasteiger partial charge on any atom is -0.321 e. The second-order valence-corrected chi connectivity index (χ2v) is 6.71. The Labute approximate surface area is 167 Å². The summed E-state index contributed by atoms with van der Waals surface area (Å²) < 4.78 is 13.3. The summed E-state index contributed by atoms with van der Waals surface area (Å²) in [6.07, 6.45) is 1.49. The van der Waals surface area contributed by atoms with Gasteiger partial charge in [-0.2, -0.15) is 0 Å². The van der Waals surface area contributed by atoms with Crippen molar-refractivity contribution in [3.8, 4) is 0 Å². The normalized spacial score (nSPS) is 13.6. The molecular formula is C22H19FN4O2. The highest BCUT2D eigenvalue weighted by atomic mass is 19.1. The lowest BCUT2D eigenvalue weighted by molar-refractivity contribution is 0.102. The highest BCUT2D eigenvalue weighted by Gasteiger charge is 2.30. The summed E-state index contributed by atoms with van der Waals surface area (Å²) in [5, 5.41) is 2.67. The molecule has 1 aliphatic heterocycles. The van der Waals surface area contributed by atoms with Crippen molar-refractivity contribution in [3.63, 3.8) is 0 Å². The minimum atomic E-state index is -0.473. The van der Waals surface area contributed by atoms with Gasteiger partial charge in [-0.1, -0.05) is 36.4 Å². The lowest BCUT2D eigenvalue weighted by atomic mass is 10.2.